The Balaban J connectivity index is 1.78. The van der Waals surface area contributed by atoms with E-state index < -0.39 is 23.4 Å². The van der Waals surface area contributed by atoms with Gasteiger partial charge in [-0.05, 0) is 24.6 Å². The summed E-state index contributed by atoms with van der Waals surface area (Å²) in [5.74, 6) is -0.101. The van der Waals surface area contributed by atoms with Crippen LogP contribution >= 0.6 is 11.6 Å². The zero-order valence-electron chi connectivity index (χ0n) is 15.1. The summed E-state index contributed by atoms with van der Waals surface area (Å²) in [6, 6.07) is 9.16. The number of halogens is 4. The lowest BCUT2D eigenvalue weighted by Gasteiger charge is -2.15. The average Bonchev–Trinajstić information content (AvgIpc) is 2.68. The van der Waals surface area contributed by atoms with E-state index in [0.717, 1.165) is 22.4 Å². The second-order valence-electron chi connectivity index (χ2n) is 6.30. The van der Waals surface area contributed by atoms with Crippen molar-refractivity contribution in [3.05, 3.63) is 80.9 Å². The third kappa shape index (κ3) is 4.75. The molecule has 10 heteroatoms. The lowest BCUT2D eigenvalue weighted by atomic mass is 10.1. The first kappa shape index (κ1) is 20.8. The van der Waals surface area contributed by atoms with Gasteiger partial charge in [0, 0.05) is 12.7 Å². The Kier molecular flexibility index (Phi) is 5.90. The van der Waals surface area contributed by atoms with Crippen molar-refractivity contribution in [1.29, 1.82) is 0 Å². The number of hydrogen-bond donors (Lipinski definition) is 2. The van der Waals surface area contributed by atoms with Crippen LogP contribution in [0.2, 0.25) is 5.02 Å². The lowest BCUT2D eigenvalue weighted by molar-refractivity contribution is -0.137. The second kappa shape index (κ2) is 8.22. The van der Waals surface area contributed by atoms with Crippen molar-refractivity contribution in [2.75, 3.05) is 11.9 Å². The highest BCUT2D eigenvalue weighted by Gasteiger charge is 2.30. The molecule has 0 radical (unpaired) electrons. The zero-order chi connectivity index (χ0) is 21.2. The van der Waals surface area contributed by atoms with Crippen LogP contribution in [0.5, 0.6) is 0 Å². The normalized spacial score (nSPS) is 12.6. The van der Waals surface area contributed by atoms with Crippen LogP contribution in [0.15, 0.2) is 53.6 Å². The van der Waals surface area contributed by atoms with Crippen LogP contribution in [-0.4, -0.2) is 26.4 Å². The van der Waals surface area contributed by atoms with Crippen molar-refractivity contribution in [3.63, 3.8) is 0 Å². The first-order valence-electron chi connectivity index (χ1n) is 8.47. The summed E-state index contributed by atoms with van der Waals surface area (Å²) in [6.07, 6.45) is -3.52. The number of benzene rings is 1. The van der Waals surface area contributed by atoms with Crippen molar-refractivity contribution in [2.24, 2.45) is 0 Å². The molecule has 0 bridgehead atoms. The van der Waals surface area contributed by atoms with E-state index >= 15 is 0 Å². The van der Waals surface area contributed by atoms with E-state index in [-0.39, 0.29) is 23.1 Å². The van der Waals surface area contributed by atoms with Gasteiger partial charge in [-0.2, -0.15) is 23.0 Å². The number of anilines is 1. The number of alkyl halides is 3. The molecule has 0 fully saturated rings. The van der Waals surface area contributed by atoms with E-state index in [1.165, 1.54) is 6.20 Å². The summed E-state index contributed by atoms with van der Waals surface area (Å²) in [4.78, 5) is 16.1. The second-order valence-corrected chi connectivity index (χ2v) is 6.68. The summed E-state index contributed by atoms with van der Waals surface area (Å²) >= 11 is 6.08. The topological polar surface area (TPSA) is 80.0 Å². The third-order valence-electron chi connectivity index (χ3n) is 4.12. The standard InChI is InChI=1S/C19H16ClF3N4O2/c1-11-3-2-4-12(7-11)15(28)10-24-14-9-26-27(18(29)17(14)20)16-6-5-13(8-25-16)19(21,22)23/h2-9,15,24,28H,10H2,1H3. The predicted octanol–water partition coefficient (Wildman–Crippen LogP) is 3.75. The molecular formula is C19H16ClF3N4O2. The molecular weight excluding hydrogens is 409 g/mol. The van der Waals surface area contributed by atoms with Gasteiger partial charge < -0.3 is 10.4 Å². The van der Waals surface area contributed by atoms with Crippen molar-refractivity contribution in [2.45, 2.75) is 19.2 Å². The highest BCUT2D eigenvalue weighted by atomic mass is 35.5. The Labute approximate surface area is 168 Å². The largest absolute Gasteiger partial charge is 0.417 e. The molecule has 2 heterocycles. The fourth-order valence-electron chi connectivity index (χ4n) is 2.60. The van der Waals surface area contributed by atoms with Crippen LogP contribution < -0.4 is 10.9 Å². The summed E-state index contributed by atoms with van der Waals surface area (Å²) in [5.41, 5.74) is 0.182. The Morgan fingerprint density at radius 2 is 2.00 bits per heavy atom. The van der Waals surface area contributed by atoms with Gasteiger partial charge in [-0.3, -0.25) is 4.79 Å². The van der Waals surface area contributed by atoms with E-state index in [0.29, 0.717) is 11.8 Å². The molecule has 29 heavy (non-hydrogen) atoms. The first-order valence-corrected chi connectivity index (χ1v) is 8.84. The van der Waals surface area contributed by atoms with Crippen molar-refractivity contribution >= 4 is 17.3 Å². The monoisotopic (exact) mass is 424 g/mol. The van der Waals surface area contributed by atoms with Crippen LogP contribution in [-0.2, 0) is 6.18 Å². The molecule has 0 aliphatic rings. The molecule has 3 rings (SSSR count). The lowest BCUT2D eigenvalue weighted by Crippen LogP contribution is -2.24. The maximum atomic E-state index is 12.6. The summed E-state index contributed by atoms with van der Waals surface area (Å²) in [5, 5.41) is 16.8. The maximum Gasteiger partial charge on any atom is 0.417 e. The van der Waals surface area contributed by atoms with Gasteiger partial charge in [-0.15, -0.1) is 0 Å². The van der Waals surface area contributed by atoms with Gasteiger partial charge in [0.15, 0.2) is 5.82 Å². The van der Waals surface area contributed by atoms with Gasteiger partial charge in [0.1, 0.15) is 5.02 Å². The van der Waals surface area contributed by atoms with E-state index in [2.05, 4.69) is 15.4 Å². The van der Waals surface area contributed by atoms with Gasteiger partial charge in [-0.25, -0.2) is 4.98 Å². The molecule has 0 aliphatic carbocycles. The first-order chi connectivity index (χ1) is 13.7. The molecule has 0 saturated carbocycles. The molecule has 1 unspecified atom stereocenters. The summed E-state index contributed by atoms with van der Waals surface area (Å²) in [7, 11) is 0. The quantitative estimate of drug-likeness (QED) is 0.652. The molecule has 1 atom stereocenters. The van der Waals surface area contributed by atoms with Crippen LogP contribution in [0.3, 0.4) is 0 Å². The number of nitrogens with one attached hydrogen (secondary N) is 1. The minimum absolute atomic E-state index is 0.0762. The molecule has 152 valence electrons. The predicted molar refractivity (Wildman–Crippen MR) is 102 cm³/mol. The number of pyridine rings is 1. The minimum Gasteiger partial charge on any atom is -0.387 e. The smallest absolute Gasteiger partial charge is 0.387 e. The highest BCUT2D eigenvalue weighted by molar-refractivity contribution is 6.32. The van der Waals surface area contributed by atoms with Crippen molar-refractivity contribution in [1.82, 2.24) is 14.8 Å². The number of aryl methyl sites for hydroxylation is 1. The fraction of sp³-hybridized carbons (Fsp3) is 0.211. The van der Waals surface area contributed by atoms with Crippen LogP contribution in [0.4, 0.5) is 18.9 Å². The Morgan fingerprint density at radius 1 is 1.24 bits per heavy atom. The Bertz CT molecular complexity index is 1070. The number of aliphatic hydroxyl groups is 1. The summed E-state index contributed by atoms with van der Waals surface area (Å²) < 4.78 is 38.7. The molecule has 0 saturated heterocycles. The number of nitrogens with zero attached hydrogens (tertiary/aromatic N) is 3. The van der Waals surface area contributed by atoms with Gasteiger partial charge >= 0.3 is 6.18 Å². The fourth-order valence-corrected chi connectivity index (χ4v) is 2.80. The van der Waals surface area contributed by atoms with Crippen LogP contribution in [0.1, 0.15) is 22.8 Å². The van der Waals surface area contributed by atoms with E-state index in [1.807, 2.05) is 25.1 Å². The molecule has 2 N–H and O–H groups in total. The van der Waals surface area contributed by atoms with E-state index in [4.69, 9.17) is 11.6 Å². The minimum atomic E-state index is -4.53. The molecule has 2 aromatic heterocycles. The molecule has 1 aromatic carbocycles. The number of aliphatic hydroxyl groups excluding tert-OH is 1. The maximum absolute atomic E-state index is 12.6. The summed E-state index contributed by atoms with van der Waals surface area (Å²) in [6.45, 7) is 1.98. The van der Waals surface area contributed by atoms with E-state index in [1.54, 1.807) is 6.07 Å². The van der Waals surface area contributed by atoms with Gasteiger partial charge in [0.25, 0.3) is 5.56 Å². The molecule has 6 nitrogen and oxygen atoms in total. The van der Waals surface area contributed by atoms with Gasteiger partial charge in [0.05, 0.1) is 23.6 Å². The number of hydrogen-bond acceptors (Lipinski definition) is 5. The Hall–Kier alpha value is -2.91. The molecule has 3 aromatic rings. The zero-order valence-corrected chi connectivity index (χ0v) is 15.9. The van der Waals surface area contributed by atoms with Crippen LogP contribution in [0.25, 0.3) is 5.82 Å². The number of rotatable bonds is 5. The number of aromatic nitrogens is 3. The third-order valence-corrected chi connectivity index (χ3v) is 4.49. The van der Waals surface area contributed by atoms with Crippen molar-refractivity contribution < 1.29 is 18.3 Å². The Morgan fingerprint density at radius 3 is 2.62 bits per heavy atom. The van der Waals surface area contributed by atoms with E-state index in [9.17, 15) is 23.1 Å². The SMILES string of the molecule is Cc1cccc(C(O)CNc2cnn(-c3ccc(C(F)(F)F)cn3)c(=O)c2Cl)c1. The van der Waals surface area contributed by atoms with Gasteiger partial charge in [-0.1, -0.05) is 41.4 Å². The molecule has 0 spiro atoms. The van der Waals surface area contributed by atoms with Crippen LogP contribution in [0, 0.1) is 6.92 Å². The molecule has 0 aliphatic heterocycles. The average molecular weight is 425 g/mol. The van der Waals surface area contributed by atoms with Gasteiger partial charge in [0.2, 0.25) is 0 Å². The molecule has 0 amide bonds. The van der Waals surface area contributed by atoms with Crippen molar-refractivity contribution in [3.8, 4) is 5.82 Å². The highest BCUT2D eigenvalue weighted by Crippen LogP contribution is 2.28.